The van der Waals surface area contributed by atoms with Crippen molar-refractivity contribution in [3.63, 3.8) is 0 Å². The van der Waals surface area contributed by atoms with Crippen LogP contribution in [0.1, 0.15) is 55.6 Å². The SMILES string of the molecule is CC(C)c1ccc([C@H]2[C@@H](c3ccccn3)N=C3S[C@@H](C)CN32)cc1. The van der Waals surface area contributed by atoms with Gasteiger partial charge in [-0.3, -0.25) is 9.98 Å². The number of aliphatic imine (C=N–C) groups is 1. The predicted octanol–water partition coefficient (Wildman–Crippen LogP) is 4.79. The molecule has 0 amide bonds. The van der Waals surface area contributed by atoms with Crippen LogP contribution in [0, 0.1) is 0 Å². The quantitative estimate of drug-likeness (QED) is 0.806. The molecule has 3 nitrogen and oxygen atoms in total. The molecular weight excluding hydrogens is 314 g/mol. The van der Waals surface area contributed by atoms with Crippen molar-refractivity contribution in [3.05, 3.63) is 65.5 Å². The van der Waals surface area contributed by atoms with Crippen molar-refractivity contribution in [2.45, 2.75) is 44.0 Å². The lowest BCUT2D eigenvalue weighted by Gasteiger charge is -2.27. The van der Waals surface area contributed by atoms with E-state index in [-0.39, 0.29) is 12.1 Å². The summed E-state index contributed by atoms with van der Waals surface area (Å²) in [6.07, 6.45) is 1.87. The van der Waals surface area contributed by atoms with Gasteiger partial charge in [-0.15, -0.1) is 0 Å². The number of nitrogens with zero attached hydrogens (tertiary/aromatic N) is 3. The molecule has 0 N–H and O–H groups in total. The standard InChI is InChI=1S/C20H23N3S/c1-13(2)15-7-9-16(10-8-15)19-18(17-6-4-5-11-21-17)22-20-23(19)12-14(3)24-20/h4-11,13-14,18-19H,12H2,1-3H3/t14-,18+,19-/m0/s1. The Hall–Kier alpha value is -1.81. The molecule has 1 fully saturated rings. The Bertz CT molecular complexity index is 739. The minimum Gasteiger partial charge on any atom is -0.341 e. The summed E-state index contributed by atoms with van der Waals surface area (Å²) in [6.45, 7) is 7.81. The van der Waals surface area contributed by atoms with Gasteiger partial charge >= 0.3 is 0 Å². The van der Waals surface area contributed by atoms with Gasteiger partial charge in [0.05, 0.1) is 11.7 Å². The molecule has 0 radical (unpaired) electrons. The highest BCUT2D eigenvalue weighted by Crippen LogP contribution is 2.47. The third kappa shape index (κ3) is 2.73. The van der Waals surface area contributed by atoms with Gasteiger partial charge in [0.2, 0.25) is 0 Å². The van der Waals surface area contributed by atoms with Crippen molar-refractivity contribution in [3.8, 4) is 0 Å². The number of hydrogen-bond acceptors (Lipinski definition) is 4. The van der Waals surface area contributed by atoms with Gasteiger partial charge in [0.25, 0.3) is 0 Å². The van der Waals surface area contributed by atoms with Gasteiger partial charge in [-0.05, 0) is 29.2 Å². The van der Waals surface area contributed by atoms with Crippen molar-refractivity contribution in [1.82, 2.24) is 9.88 Å². The van der Waals surface area contributed by atoms with E-state index in [0.717, 1.165) is 12.2 Å². The van der Waals surface area contributed by atoms with E-state index in [0.29, 0.717) is 11.2 Å². The molecule has 0 unspecified atom stereocenters. The molecule has 0 aliphatic carbocycles. The molecular formula is C20H23N3S. The molecule has 1 aromatic heterocycles. The van der Waals surface area contributed by atoms with Gasteiger partial charge in [-0.1, -0.05) is 62.9 Å². The van der Waals surface area contributed by atoms with Crippen LogP contribution in [0.15, 0.2) is 53.7 Å². The first-order valence-corrected chi connectivity index (χ1v) is 9.53. The zero-order chi connectivity index (χ0) is 16.7. The van der Waals surface area contributed by atoms with Crippen molar-refractivity contribution in [2.75, 3.05) is 6.54 Å². The smallest absolute Gasteiger partial charge is 0.160 e. The molecule has 4 heteroatoms. The Balaban J connectivity index is 1.72. The van der Waals surface area contributed by atoms with E-state index in [9.17, 15) is 0 Å². The summed E-state index contributed by atoms with van der Waals surface area (Å²) in [5.41, 5.74) is 3.78. The van der Waals surface area contributed by atoms with E-state index < -0.39 is 0 Å². The zero-order valence-electron chi connectivity index (χ0n) is 14.4. The summed E-state index contributed by atoms with van der Waals surface area (Å²) in [4.78, 5) is 12.1. The molecule has 3 atom stereocenters. The molecule has 2 aliphatic rings. The highest BCUT2D eigenvalue weighted by Gasteiger charge is 2.43. The second-order valence-electron chi connectivity index (χ2n) is 6.96. The molecule has 124 valence electrons. The minimum atomic E-state index is 0.0890. The van der Waals surface area contributed by atoms with Gasteiger partial charge in [0.15, 0.2) is 5.17 Å². The summed E-state index contributed by atoms with van der Waals surface area (Å²) in [5, 5.41) is 1.78. The van der Waals surface area contributed by atoms with Gasteiger partial charge in [-0.2, -0.15) is 0 Å². The molecule has 1 aromatic carbocycles. The average molecular weight is 337 g/mol. The third-order valence-corrected chi connectivity index (χ3v) is 5.93. The summed E-state index contributed by atoms with van der Waals surface area (Å²) < 4.78 is 0. The molecule has 3 heterocycles. The molecule has 1 saturated heterocycles. The van der Waals surface area contributed by atoms with Gasteiger partial charge < -0.3 is 4.90 Å². The van der Waals surface area contributed by atoms with Crippen LogP contribution in [0.5, 0.6) is 0 Å². The van der Waals surface area contributed by atoms with Crippen LogP contribution < -0.4 is 0 Å². The van der Waals surface area contributed by atoms with E-state index >= 15 is 0 Å². The van der Waals surface area contributed by atoms with Gasteiger partial charge in [-0.25, -0.2) is 0 Å². The lowest BCUT2D eigenvalue weighted by molar-refractivity contribution is 0.321. The van der Waals surface area contributed by atoms with Crippen LogP contribution in [0.4, 0.5) is 0 Å². The van der Waals surface area contributed by atoms with Crippen LogP contribution in [-0.4, -0.2) is 26.8 Å². The number of fused-ring (bicyclic) bond motifs is 1. The summed E-state index contributed by atoms with van der Waals surface area (Å²) in [7, 11) is 0. The lowest BCUT2D eigenvalue weighted by Crippen LogP contribution is -2.28. The Morgan fingerprint density at radius 2 is 1.92 bits per heavy atom. The van der Waals surface area contributed by atoms with Crippen LogP contribution in [0.25, 0.3) is 0 Å². The fraction of sp³-hybridized carbons (Fsp3) is 0.400. The van der Waals surface area contributed by atoms with Crippen molar-refractivity contribution in [1.29, 1.82) is 0 Å². The number of aromatic nitrogens is 1. The molecule has 0 saturated carbocycles. The maximum absolute atomic E-state index is 5.03. The number of benzene rings is 1. The van der Waals surface area contributed by atoms with Crippen molar-refractivity contribution in [2.24, 2.45) is 4.99 Å². The lowest BCUT2D eigenvalue weighted by atomic mass is 9.94. The summed E-state index contributed by atoms with van der Waals surface area (Å²) in [6, 6.07) is 15.6. The average Bonchev–Trinajstić information content (AvgIpc) is 3.11. The number of pyridine rings is 1. The maximum Gasteiger partial charge on any atom is 0.160 e. The highest BCUT2D eigenvalue weighted by molar-refractivity contribution is 8.14. The van der Waals surface area contributed by atoms with Crippen LogP contribution in [0.3, 0.4) is 0 Å². The van der Waals surface area contributed by atoms with E-state index in [1.165, 1.54) is 16.3 Å². The first kappa shape index (κ1) is 15.7. The molecule has 2 aliphatic heterocycles. The molecule has 0 bridgehead atoms. The fourth-order valence-corrected chi connectivity index (χ4v) is 4.65. The minimum absolute atomic E-state index is 0.0890. The molecule has 24 heavy (non-hydrogen) atoms. The monoisotopic (exact) mass is 337 g/mol. The van der Waals surface area contributed by atoms with E-state index in [1.807, 2.05) is 24.0 Å². The third-order valence-electron chi connectivity index (χ3n) is 4.83. The maximum atomic E-state index is 5.03. The predicted molar refractivity (Wildman–Crippen MR) is 101 cm³/mol. The first-order valence-electron chi connectivity index (χ1n) is 8.65. The fourth-order valence-electron chi connectivity index (χ4n) is 3.56. The highest BCUT2D eigenvalue weighted by atomic mass is 32.2. The van der Waals surface area contributed by atoms with Crippen LogP contribution in [0.2, 0.25) is 0 Å². The van der Waals surface area contributed by atoms with E-state index in [1.54, 1.807) is 0 Å². The number of amidine groups is 1. The van der Waals surface area contributed by atoms with E-state index in [4.69, 9.17) is 4.99 Å². The van der Waals surface area contributed by atoms with Crippen molar-refractivity contribution < 1.29 is 0 Å². The Kier molecular flexibility index (Phi) is 4.09. The zero-order valence-corrected chi connectivity index (χ0v) is 15.2. The van der Waals surface area contributed by atoms with E-state index in [2.05, 4.69) is 67.1 Å². The van der Waals surface area contributed by atoms with Crippen LogP contribution in [-0.2, 0) is 0 Å². The van der Waals surface area contributed by atoms with Crippen LogP contribution >= 0.6 is 11.8 Å². The summed E-state index contributed by atoms with van der Waals surface area (Å²) >= 11 is 1.89. The second-order valence-corrected chi connectivity index (χ2v) is 8.36. The molecule has 2 aromatic rings. The second kappa shape index (κ2) is 6.25. The largest absolute Gasteiger partial charge is 0.341 e. The topological polar surface area (TPSA) is 28.5 Å². The Morgan fingerprint density at radius 3 is 2.58 bits per heavy atom. The van der Waals surface area contributed by atoms with Gasteiger partial charge in [0, 0.05) is 18.0 Å². The summed E-state index contributed by atoms with van der Waals surface area (Å²) in [5.74, 6) is 0.559. The van der Waals surface area contributed by atoms with Gasteiger partial charge in [0.1, 0.15) is 6.04 Å². The molecule has 0 spiro atoms. The number of hydrogen-bond donors (Lipinski definition) is 0. The number of rotatable bonds is 3. The first-order chi connectivity index (χ1) is 11.6. The Morgan fingerprint density at radius 1 is 1.12 bits per heavy atom. The Labute approximate surface area is 148 Å². The molecule has 4 rings (SSSR count). The van der Waals surface area contributed by atoms with Crippen molar-refractivity contribution >= 4 is 16.9 Å². The number of thioether (sulfide) groups is 1. The normalized spacial score (nSPS) is 25.9.